The number of hydrogen-bond acceptors (Lipinski definition) is 4. The molecule has 6 heteroatoms. The highest BCUT2D eigenvalue weighted by Crippen LogP contribution is 2.29. The zero-order chi connectivity index (χ0) is 18.5. The molecule has 2 aromatic heterocycles. The molecule has 0 fully saturated rings. The predicted octanol–water partition coefficient (Wildman–Crippen LogP) is 3.54. The molecule has 0 aliphatic carbocycles. The van der Waals surface area contributed by atoms with Crippen molar-refractivity contribution >= 4 is 10.9 Å². The standard InChI is InChI=1S/C20H26N4O2/c1-4-5-6-7-10-24-18-9-8-15(2)11-16(18)19(26-3)17(20(24)25)12-23-13-21-22-14-23/h8-9,11,13-14H,4-7,10,12H2,1-3H3. The molecule has 0 saturated carbocycles. The van der Waals surface area contributed by atoms with E-state index < -0.39 is 0 Å². The first-order valence-electron chi connectivity index (χ1n) is 9.18. The van der Waals surface area contributed by atoms with Gasteiger partial charge in [0.25, 0.3) is 5.56 Å². The van der Waals surface area contributed by atoms with E-state index in [1.165, 1.54) is 12.8 Å². The van der Waals surface area contributed by atoms with Crippen molar-refractivity contribution in [1.82, 2.24) is 19.3 Å². The third kappa shape index (κ3) is 3.64. The fraction of sp³-hybridized carbons (Fsp3) is 0.450. The van der Waals surface area contributed by atoms with Crippen LogP contribution < -0.4 is 10.3 Å². The molecule has 3 rings (SSSR count). The molecule has 26 heavy (non-hydrogen) atoms. The van der Waals surface area contributed by atoms with Crippen LogP contribution in [-0.4, -0.2) is 26.4 Å². The van der Waals surface area contributed by atoms with Gasteiger partial charge in [-0.3, -0.25) is 4.79 Å². The summed E-state index contributed by atoms with van der Waals surface area (Å²) in [6.07, 6.45) is 7.72. The number of benzene rings is 1. The highest BCUT2D eigenvalue weighted by Gasteiger charge is 2.18. The maximum Gasteiger partial charge on any atom is 0.259 e. The second kappa shape index (κ2) is 8.17. The maximum absolute atomic E-state index is 13.3. The Hall–Kier alpha value is -2.63. The molecule has 0 atom stereocenters. The number of hydrogen-bond donors (Lipinski definition) is 0. The fourth-order valence-electron chi connectivity index (χ4n) is 3.38. The van der Waals surface area contributed by atoms with Gasteiger partial charge in [0, 0.05) is 11.9 Å². The Labute approximate surface area is 153 Å². The van der Waals surface area contributed by atoms with Crippen LogP contribution >= 0.6 is 0 Å². The van der Waals surface area contributed by atoms with Gasteiger partial charge >= 0.3 is 0 Å². The van der Waals surface area contributed by atoms with Gasteiger partial charge in [-0.2, -0.15) is 0 Å². The molecular formula is C20H26N4O2. The molecule has 0 aliphatic rings. The molecule has 2 heterocycles. The van der Waals surface area contributed by atoms with Crippen molar-refractivity contribution in [1.29, 1.82) is 0 Å². The first kappa shape index (κ1) is 18.2. The third-order valence-electron chi connectivity index (χ3n) is 4.71. The van der Waals surface area contributed by atoms with E-state index in [-0.39, 0.29) is 5.56 Å². The van der Waals surface area contributed by atoms with E-state index in [0.29, 0.717) is 17.9 Å². The molecule has 6 nitrogen and oxygen atoms in total. The normalized spacial score (nSPS) is 11.2. The summed E-state index contributed by atoms with van der Waals surface area (Å²) in [5.74, 6) is 0.646. The molecule has 0 N–H and O–H groups in total. The van der Waals surface area contributed by atoms with Gasteiger partial charge in [-0.05, 0) is 25.5 Å². The second-order valence-electron chi connectivity index (χ2n) is 6.68. The lowest BCUT2D eigenvalue weighted by Crippen LogP contribution is -2.26. The Bertz CT molecular complexity index is 929. The summed E-state index contributed by atoms with van der Waals surface area (Å²) >= 11 is 0. The van der Waals surface area contributed by atoms with Crippen LogP contribution in [0.15, 0.2) is 35.6 Å². The van der Waals surface area contributed by atoms with Crippen molar-refractivity contribution in [2.24, 2.45) is 0 Å². The lowest BCUT2D eigenvalue weighted by molar-refractivity contribution is 0.410. The molecule has 0 spiro atoms. The summed E-state index contributed by atoms with van der Waals surface area (Å²) in [5, 5.41) is 8.65. The Balaban J connectivity index is 2.14. The largest absolute Gasteiger partial charge is 0.495 e. The molecule has 1 aromatic carbocycles. The summed E-state index contributed by atoms with van der Waals surface area (Å²) in [6.45, 7) is 5.36. The number of rotatable bonds is 8. The monoisotopic (exact) mass is 354 g/mol. The van der Waals surface area contributed by atoms with E-state index in [1.807, 2.05) is 16.7 Å². The van der Waals surface area contributed by atoms with Crippen LogP contribution in [0.4, 0.5) is 0 Å². The van der Waals surface area contributed by atoms with Crippen LogP contribution in [0.5, 0.6) is 5.75 Å². The van der Waals surface area contributed by atoms with E-state index in [0.717, 1.165) is 35.9 Å². The Kier molecular flexibility index (Phi) is 5.71. The summed E-state index contributed by atoms with van der Waals surface area (Å²) < 4.78 is 9.36. The average Bonchev–Trinajstić information content (AvgIpc) is 3.14. The SMILES string of the molecule is CCCCCCn1c(=O)c(Cn2cnnc2)c(OC)c2cc(C)ccc21. The molecule has 0 radical (unpaired) electrons. The van der Waals surface area contributed by atoms with E-state index in [2.05, 4.69) is 30.1 Å². The van der Waals surface area contributed by atoms with Crippen molar-refractivity contribution in [2.45, 2.75) is 52.6 Å². The lowest BCUT2D eigenvalue weighted by Gasteiger charge is -2.18. The van der Waals surface area contributed by atoms with Crippen LogP contribution in [0, 0.1) is 6.92 Å². The number of fused-ring (bicyclic) bond motifs is 1. The molecule has 0 bridgehead atoms. The van der Waals surface area contributed by atoms with Gasteiger partial charge < -0.3 is 13.9 Å². The fourth-order valence-corrected chi connectivity index (χ4v) is 3.38. The number of nitrogens with zero attached hydrogens (tertiary/aromatic N) is 4. The van der Waals surface area contributed by atoms with Gasteiger partial charge in [-0.15, -0.1) is 10.2 Å². The van der Waals surface area contributed by atoms with Gasteiger partial charge in [0.05, 0.1) is 24.7 Å². The molecule has 138 valence electrons. The Morgan fingerprint density at radius 1 is 1.12 bits per heavy atom. The number of pyridine rings is 1. The number of aromatic nitrogens is 4. The van der Waals surface area contributed by atoms with Crippen LogP contribution in [0.2, 0.25) is 0 Å². The van der Waals surface area contributed by atoms with Crippen molar-refractivity contribution in [3.63, 3.8) is 0 Å². The quantitative estimate of drug-likeness (QED) is 0.581. The van der Waals surface area contributed by atoms with E-state index in [9.17, 15) is 4.79 Å². The van der Waals surface area contributed by atoms with Gasteiger partial charge in [0.2, 0.25) is 0 Å². The zero-order valence-corrected chi connectivity index (χ0v) is 15.7. The highest BCUT2D eigenvalue weighted by atomic mass is 16.5. The van der Waals surface area contributed by atoms with Crippen molar-refractivity contribution in [3.05, 3.63) is 52.3 Å². The summed E-state index contributed by atoms with van der Waals surface area (Å²) in [6, 6.07) is 6.16. The van der Waals surface area contributed by atoms with Crippen molar-refractivity contribution < 1.29 is 4.74 Å². The first-order valence-corrected chi connectivity index (χ1v) is 9.18. The van der Waals surface area contributed by atoms with Gasteiger partial charge in [0.1, 0.15) is 18.4 Å². The van der Waals surface area contributed by atoms with Gasteiger partial charge in [0.15, 0.2) is 0 Å². The summed E-state index contributed by atoms with van der Waals surface area (Å²) in [7, 11) is 1.62. The molecule has 0 unspecified atom stereocenters. The minimum atomic E-state index is 0.00315. The molecule has 0 aliphatic heterocycles. The molecule has 3 aromatic rings. The number of ether oxygens (including phenoxy) is 1. The topological polar surface area (TPSA) is 61.9 Å². The first-order chi connectivity index (χ1) is 12.7. The predicted molar refractivity (Wildman–Crippen MR) is 103 cm³/mol. The Morgan fingerprint density at radius 2 is 1.88 bits per heavy atom. The van der Waals surface area contributed by atoms with Crippen LogP contribution in [-0.2, 0) is 13.1 Å². The van der Waals surface area contributed by atoms with Crippen LogP contribution in [0.25, 0.3) is 10.9 Å². The van der Waals surface area contributed by atoms with Crippen LogP contribution in [0.1, 0.15) is 43.7 Å². The van der Waals surface area contributed by atoms with Crippen molar-refractivity contribution in [2.75, 3.05) is 7.11 Å². The van der Waals surface area contributed by atoms with E-state index in [4.69, 9.17) is 4.74 Å². The Morgan fingerprint density at radius 3 is 2.58 bits per heavy atom. The van der Waals surface area contributed by atoms with Gasteiger partial charge in [-0.25, -0.2) is 0 Å². The molecule has 0 saturated heterocycles. The van der Waals surface area contributed by atoms with Gasteiger partial charge in [-0.1, -0.05) is 37.8 Å². The number of aryl methyl sites for hydroxylation is 2. The van der Waals surface area contributed by atoms with E-state index >= 15 is 0 Å². The number of unbranched alkanes of at least 4 members (excludes halogenated alkanes) is 3. The highest BCUT2D eigenvalue weighted by molar-refractivity contribution is 5.87. The maximum atomic E-state index is 13.3. The number of methoxy groups -OCH3 is 1. The third-order valence-corrected chi connectivity index (χ3v) is 4.71. The summed E-state index contributed by atoms with van der Waals surface area (Å²) in [4.78, 5) is 13.3. The minimum absolute atomic E-state index is 0.00315. The molecular weight excluding hydrogens is 328 g/mol. The summed E-state index contributed by atoms with van der Waals surface area (Å²) in [5.41, 5.74) is 2.72. The minimum Gasteiger partial charge on any atom is -0.495 e. The van der Waals surface area contributed by atoms with Crippen LogP contribution in [0.3, 0.4) is 0 Å². The average molecular weight is 354 g/mol. The second-order valence-corrected chi connectivity index (χ2v) is 6.68. The van der Waals surface area contributed by atoms with E-state index in [1.54, 1.807) is 24.3 Å². The zero-order valence-electron chi connectivity index (χ0n) is 15.7. The van der Waals surface area contributed by atoms with Crippen molar-refractivity contribution in [3.8, 4) is 5.75 Å². The smallest absolute Gasteiger partial charge is 0.259 e. The molecule has 0 amide bonds. The lowest BCUT2D eigenvalue weighted by atomic mass is 10.1.